The average Bonchev–Trinajstić information content (AvgIpc) is 1.69. The number of carbonyl (C=O) groups excluding carboxylic acids is 16. The van der Waals surface area contributed by atoms with Crippen LogP contribution in [0.4, 0.5) is 9.59 Å². The summed E-state index contributed by atoms with van der Waals surface area (Å²) in [7, 11) is 0. The monoisotopic (exact) mass is 1880 g/mol. The molecule has 3 unspecified atom stereocenters. The highest BCUT2D eigenvalue weighted by molar-refractivity contribution is 8.00. The molecule has 0 spiro atoms. The topological polar surface area (TPSA) is 513 Å². The van der Waals surface area contributed by atoms with E-state index < -0.39 is 52.0 Å². The highest BCUT2D eigenvalue weighted by Crippen LogP contribution is 2.27. The zero-order chi connectivity index (χ0) is 96.7. The third-order valence-corrected chi connectivity index (χ3v) is 23.1. The van der Waals surface area contributed by atoms with Crippen molar-refractivity contribution < 1.29 is 95.7 Å². The number of hydrogen-bond acceptors (Lipinski definition) is 24. The first-order valence-corrected chi connectivity index (χ1v) is 49.7. The van der Waals surface area contributed by atoms with Crippen molar-refractivity contribution >= 4 is 119 Å². The Bertz CT molecular complexity index is 3230. The molecule has 3 atom stereocenters. The summed E-state index contributed by atoms with van der Waals surface area (Å²) in [5, 5.41) is 33.4. The van der Waals surface area contributed by atoms with E-state index in [9.17, 15) is 76.7 Å². The SMILES string of the molecule is CC(=O)C(C)(C)NC(=O)NCCNCCCCCCS.CCCCCCCCCCCC(=O)NC(CCCCNC(=O)CCOCCOCCNC(=O)CCN1C(=O)C=CC1=O)C(N)=O.CCCCCCCCCCCC(=O)NC(CCCCNC(=O)CCOCCOCCNC(=O)CCN1C(=O)CC(SCCCCCCNCCNC(=O)NC(C)(C)C(C)=O)C1=O)C(N)=O. The molecule has 1 saturated heterocycles. The van der Waals surface area contributed by atoms with Crippen LogP contribution in [0, 0.1) is 0 Å². The van der Waals surface area contributed by atoms with Crippen molar-refractivity contribution in [1.82, 2.24) is 73.6 Å². The fraction of sp³-hybridized carbons (Fsp3) is 0.804. The Morgan fingerprint density at radius 2 is 0.738 bits per heavy atom. The van der Waals surface area contributed by atoms with E-state index in [0.717, 1.165) is 107 Å². The van der Waals surface area contributed by atoms with E-state index in [-0.39, 0.29) is 169 Å². The highest BCUT2D eigenvalue weighted by Gasteiger charge is 2.39. The number of unbranched alkanes of at least 4 members (excludes halogenated alkanes) is 24. The minimum atomic E-state index is -0.902. The van der Waals surface area contributed by atoms with Crippen molar-refractivity contribution in [3.05, 3.63) is 12.2 Å². The van der Waals surface area contributed by atoms with Gasteiger partial charge in [-0.3, -0.25) is 76.9 Å². The normalized spacial score (nSPS) is 13.4. The first-order valence-electron chi connectivity index (χ1n) is 48.0. The van der Waals surface area contributed by atoms with Crippen LogP contribution in [0.15, 0.2) is 12.2 Å². The molecule has 1 fully saturated rings. The van der Waals surface area contributed by atoms with Gasteiger partial charge in [0, 0.05) is 123 Å². The van der Waals surface area contributed by atoms with E-state index in [1.54, 1.807) is 27.7 Å². The molecule has 0 aliphatic carbocycles. The van der Waals surface area contributed by atoms with Gasteiger partial charge in [0.2, 0.25) is 59.1 Å². The van der Waals surface area contributed by atoms with Crippen LogP contribution in [0.1, 0.15) is 306 Å². The molecule has 0 aromatic carbocycles. The van der Waals surface area contributed by atoms with E-state index in [1.165, 1.54) is 139 Å². The summed E-state index contributed by atoms with van der Waals surface area (Å²) in [5.74, 6) is -2.04. The molecular formula is C92H168N16O20S2. The Labute approximate surface area is 784 Å². The molecule has 130 heavy (non-hydrogen) atoms. The van der Waals surface area contributed by atoms with Crippen LogP contribution in [-0.4, -0.2) is 276 Å². The lowest BCUT2D eigenvalue weighted by Gasteiger charge is -2.23. The van der Waals surface area contributed by atoms with Gasteiger partial charge < -0.3 is 94.2 Å². The molecular weight excluding hydrogens is 1710 g/mol. The Morgan fingerprint density at radius 3 is 1.13 bits per heavy atom. The van der Waals surface area contributed by atoms with E-state index >= 15 is 0 Å². The number of primary amides is 2. The van der Waals surface area contributed by atoms with Gasteiger partial charge in [0.15, 0.2) is 11.6 Å². The molecule has 16 N–H and O–H groups in total. The Kier molecular flexibility index (Phi) is 75.8. The predicted molar refractivity (Wildman–Crippen MR) is 510 cm³/mol. The number of ether oxygens (including phenoxy) is 4. The Balaban J connectivity index is 0.00000220. The third-order valence-electron chi connectivity index (χ3n) is 21.5. The molecule has 2 heterocycles. The van der Waals surface area contributed by atoms with Crippen LogP contribution in [0.5, 0.6) is 0 Å². The fourth-order valence-corrected chi connectivity index (χ4v) is 14.3. The number of nitrogens with two attached hydrogens (primary N) is 2. The Hall–Kier alpha value is -7.88. The van der Waals surface area contributed by atoms with Gasteiger partial charge in [-0.25, -0.2) is 9.59 Å². The second-order valence-electron chi connectivity index (χ2n) is 33.8. The largest absolute Gasteiger partial charge is 0.379 e. The number of Topliss-reactive ketones (excluding diaryl/α,β-unsaturated/α-hetero) is 2. The summed E-state index contributed by atoms with van der Waals surface area (Å²) in [6, 6.07) is -2.09. The molecule has 36 nitrogen and oxygen atoms in total. The standard InChI is InChI=1S/C46H84N8O10S.C32H55N5O8.C14H29N3O2S/c1-5-6-7-8-9-10-11-12-15-21-41(58)52-37(43(47)60)20-16-18-25-49-40(57)23-30-63-32-33-64-31-28-50-39(56)22-29-54-42(59)35-38(44(54)61)65-34-19-14-13-17-24-48-26-27-51-45(62)53-46(3,4)36(2)55;1-2-3-4-5-6-7-8-9-10-14-29(40)36-26(32(33)43)13-11-12-19-34-28(39)18-22-44-24-25-45-23-20-35-27(38)17-21-37-30(41)15-16-31(37)42;1-12(18)14(2,3)17-13(19)16-10-9-15-8-6-4-5-7-11-20/h37-38,48H,5-35H2,1-4H3,(H2,47,60)(H,49,57)(H,50,56)(H,52,58)(H2,51,53,62);15-16,26H,2-14,17-25H2,1H3,(H2,33,43)(H,34,39)(H,35,38)(H,36,40);15,20H,4-11H2,1-3H3,(H2,16,17,19). The maximum Gasteiger partial charge on any atom is 0.315 e. The van der Waals surface area contributed by atoms with Gasteiger partial charge in [-0.15, -0.1) is 11.8 Å². The smallest absolute Gasteiger partial charge is 0.315 e. The van der Waals surface area contributed by atoms with Crippen molar-refractivity contribution in [3.63, 3.8) is 0 Å². The Morgan fingerprint density at radius 1 is 0.392 bits per heavy atom. The number of ketones is 2. The summed E-state index contributed by atoms with van der Waals surface area (Å²) in [6.45, 7) is 21.8. The molecule has 2 rings (SSSR count). The van der Waals surface area contributed by atoms with Crippen LogP contribution in [0.2, 0.25) is 0 Å². The highest BCUT2D eigenvalue weighted by atomic mass is 32.2. The molecule has 2 aliphatic heterocycles. The number of imide groups is 2. The zero-order valence-corrected chi connectivity index (χ0v) is 81.8. The maximum atomic E-state index is 12.8. The van der Waals surface area contributed by atoms with Gasteiger partial charge in [0.1, 0.15) is 12.1 Å². The van der Waals surface area contributed by atoms with Crippen LogP contribution >= 0.6 is 24.4 Å². The van der Waals surface area contributed by atoms with Gasteiger partial charge in [-0.05, 0) is 143 Å². The van der Waals surface area contributed by atoms with Gasteiger partial charge in [-0.2, -0.15) is 12.6 Å². The van der Waals surface area contributed by atoms with Crippen LogP contribution in [0.25, 0.3) is 0 Å². The molecule has 0 bridgehead atoms. The van der Waals surface area contributed by atoms with Crippen LogP contribution in [-0.2, 0) is 86.1 Å². The van der Waals surface area contributed by atoms with Gasteiger partial charge in [0.25, 0.3) is 11.8 Å². The number of hydrogen-bond donors (Lipinski definition) is 15. The average molecular weight is 1880 g/mol. The number of likely N-dealkylation sites (tertiary alicyclic amines) is 1. The van der Waals surface area contributed by atoms with Crippen molar-refractivity contribution in [2.75, 3.05) is 143 Å². The molecule has 0 aromatic heterocycles. The molecule has 0 aromatic rings. The van der Waals surface area contributed by atoms with Crippen LogP contribution < -0.4 is 75.3 Å². The van der Waals surface area contributed by atoms with E-state index in [0.29, 0.717) is 97.3 Å². The number of thioether (sulfide) groups is 1. The lowest BCUT2D eigenvalue weighted by molar-refractivity contribution is -0.140. The molecule has 2 aliphatic rings. The van der Waals surface area contributed by atoms with Crippen LogP contribution in [0.3, 0.4) is 0 Å². The number of amides is 16. The van der Waals surface area contributed by atoms with Crippen molar-refractivity contribution in [3.8, 4) is 0 Å². The number of carbonyl (C=O) groups is 16. The maximum absolute atomic E-state index is 12.8. The third kappa shape index (κ3) is 69.9. The summed E-state index contributed by atoms with van der Waals surface area (Å²) < 4.78 is 21.7. The van der Waals surface area contributed by atoms with Crippen molar-refractivity contribution in [2.24, 2.45) is 11.5 Å². The second-order valence-corrected chi connectivity index (χ2v) is 35.6. The molecule has 38 heteroatoms. The van der Waals surface area contributed by atoms with Gasteiger partial charge in [0.05, 0.1) is 69.2 Å². The zero-order valence-electron chi connectivity index (χ0n) is 80.1. The molecule has 0 saturated carbocycles. The van der Waals surface area contributed by atoms with E-state index in [2.05, 4.69) is 90.3 Å². The molecule has 0 radical (unpaired) electrons. The summed E-state index contributed by atoms with van der Waals surface area (Å²) >= 11 is 5.66. The van der Waals surface area contributed by atoms with E-state index in [1.807, 2.05) is 0 Å². The number of thiol groups is 1. The van der Waals surface area contributed by atoms with Crippen molar-refractivity contribution in [2.45, 2.75) is 334 Å². The fourth-order valence-electron chi connectivity index (χ4n) is 12.9. The molecule has 748 valence electrons. The lowest BCUT2D eigenvalue weighted by atomic mass is 10.0. The first kappa shape index (κ1) is 122. The van der Waals surface area contributed by atoms with Gasteiger partial charge >= 0.3 is 12.1 Å². The molecule has 16 amide bonds. The number of urea groups is 2. The summed E-state index contributed by atoms with van der Waals surface area (Å²) in [6.07, 6.45) is 36.8. The first-order chi connectivity index (χ1) is 62.3. The number of nitrogens with zero attached hydrogens (tertiary/aromatic N) is 2. The van der Waals surface area contributed by atoms with Crippen molar-refractivity contribution in [1.29, 1.82) is 0 Å². The quantitative estimate of drug-likeness (QED) is 0.0159. The van der Waals surface area contributed by atoms with E-state index in [4.69, 9.17) is 30.4 Å². The lowest BCUT2D eigenvalue weighted by Crippen LogP contribution is -2.53. The predicted octanol–water partition coefficient (Wildman–Crippen LogP) is 7.52. The summed E-state index contributed by atoms with van der Waals surface area (Å²) in [4.78, 5) is 193. The minimum Gasteiger partial charge on any atom is -0.379 e. The summed E-state index contributed by atoms with van der Waals surface area (Å²) in [5.41, 5.74) is 9.26. The number of nitrogens with one attached hydrogen (secondary N) is 12. The number of rotatable bonds is 82. The van der Waals surface area contributed by atoms with Gasteiger partial charge in [-0.1, -0.05) is 142 Å². The second kappa shape index (κ2) is 80.7. The minimum absolute atomic E-state index is 0.0148.